The largest absolute Gasteiger partial charge is 0.491 e. The van der Waals surface area contributed by atoms with Crippen LogP contribution in [0.1, 0.15) is 5.56 Å². The summed E-state index contributed by atoms with van der Waals surface area (Å²) in [7, 11) is -1.42. The number of carbonyl (C=O) groups is 1. The zero-order valence-corrected chi connectivity index (χ0v) is 20.8. The highest BCUT2D eigenvalue weighted by Gasteiger charge is 2.29. The molecule has 0 aliphatic rings. The SMILES string of the molecule is COc1cc2c(nc1OC)c(-c1cc3c(Cl)c(F)cnc3n1S(=O)(=O)c1ccc(C)cc1)cn2C=O. The lowest BCUT2D eigenvalue weighted by Gasteiger charge is -2.12. The van der Waals surface area contributed by atoms with Gasteiger partial charge in [0.2, 0.25) is 6.41 Å². The molecule has 9 nitrogen and oxygen atoms in total. The van der Waals surface area contributed by atoms with Gasteiger partial charge >= 0.3 is 0 Å². The lowest BCUT2D eigenvalue weighted by molar-refractivity contribution is 0.344. The smallest absolute Gasteiger partial charge is 0.269 e. The van der Waals surface area contributed by atoms with E-state index in [0.29, 0.717) is 11.9 Å². The number of benzene rings is 1. The van der Waals surface area contributed by atoms with E-state index in [-0.39, 0.29) is 49.4 Å². The minimum atomic E-state index is -4.25. The second kappa shape index (κ2) is 8.61. The van der Waals surface area contributed by atoms with Crippen LogP contribution in [0.25, 0.3) is 33.3 Å². The van der Waals surface area contributed by atoms with Gasteiger partial charge in [-0.3, -0.25) is 9.36 Å². The molecule has 1 aromatic carbocycles. The first-order chi connectivity index (χ1) is 17.2. The van der Waals surface area contributed by atoms with Crippen molar-refractivity contribution in [3.05, 3.63) is 65.2 Å². The number of rotatable bonds is 6. The summed E-state index contributed by atoms with van der Waals surface area (Å²) in [5.41, 5.74) is 1.71. The van der Waals surface area contributed by atoms with Crippen LogP contribution in [-0.2, 0) is 14.8 Å². The highest BCUT2D eigenvalue weighted by Crippen LogP contribution is 2.40. The lowest BCUT2D eigenvalue weighted by Crippen LogP contribution is -2.15. The Bertz CT molecular complexity index is 1780. The number of ether oxygens (including phenoxy) is 2. The van der Waals surface area contributed by atoms with Crippen molar-refractivity contribution in [1.82, 2.24) is 18.5 Å². The molecule has 4 aromatic heterocycles. The van der Waals surface area contributed by atoms with Crippen LogP contribution in [0, 0.1) is 12.7 Å². The van der Waals surface area contributed by atoms with E-state index in [4.69, 9.17) is 21.1 Å². The molecule has 0 aliphatic carbocycles. The van der Waals surface area contributed by atoms with Crippen molar-refractivity contribution in [2.75, 3.05) is 14.2 Å². The highest BCUT2D eigenvalue weighted by molar-refractivity contribution is 7.90. The Labute approximate surface area is 209 Å². The van der Waals surface area contributed by atoms with Crippen molar-refractivity contribution in [2.24, 2.45) is 0 Å². The van der Waals surface area contributed by atoms with Crippen LogP contribution >= 0.6 is 11.6 Å². The number of aromatic nitrogens is 4. The predicted molar refractivity (Wildman–Crippen MR) is 132 cm³/mol. The molecule has 36 heavy (non-hydrogen) atoms. The Hall–Kier alpha value is -3.96. The first kappa shape index (κ1) is 23.8. The monoisotopic (exact) mass is 528 g/mol. The minimum absolute atomic E-state index is 0.0135. The summed E-state index contributed by atoms with van der Waals surface area (Å²) >= 11 is 6.22. The van der Waals surface area contributed by atoms with Crippen LogP contribution in [0.5, 0.6) is 11.6 Å². The molecule has 184 valence electrons. The first-order valence-electron chi connectivity index (χ1n) is 10.5. The van der Waals surface area contributed by atoms with Crippen molar-refractivity contribution < 1.29 is 27.1 Å². The van der Waals surface area contributed by atoms with Crippen molar-refractivity contribution in [3.63, 3.8) is 0 Å². The number of nitrogens with zero attached hydrogens (tertiary/aromatic N) is 4. The second-order valence-corrected chi connectivity index (χ2v) is 10.1. The number of pyridine rings is 2. The third-order valence-corrected chi connectivity index (χ3v) is 7.88. The van der Waals surface area contributed by atoms with Gasteiger partial charge in [-0.25, -0.2) is 26.7 Å². The van der Waals surface area contributed by atoms with Gasteiger partial charge in [0.1, 0.15) is 5.52 Å². The molecular formula is C24H18ClFN4O5S. The Balaban J connectivity index is 1.92. The van der Waals surface area contributed by atoms with Crippen LogP contribution in [0.4, 0.5) is 4.39 Å². The summed E-state index contributed by atoms with van der Waals surface area (Å²) < 4.78 is 54.9. The Morgan fingerprint density at radius 1 is 1.11 bits per heavy atom. The number of halogens is 2. The molecule has 12 heteroatoms. The number of hydrogen-bond donors (Lipinski definition) is 0. The summed E-state index contributed by atoms with van der Waals surface area (Å²) in [6.07, 6.45) is 2.82. The van der Waals surface area contributed by atoms with Gasteiger partial charge in [-0.1, -0.05) is 29.3 Å². The zero-order valence-electron chi connectivity index (χ0n) is 19.2. The molecule has 4 heterocycles. The molecule has 0 amide bonds. The summed E-state index contributed by atoms with van der Waals surface area (Å²) in [6.45, 7) is 1.83. The summed E-state index contributed by atoms with van der Waals surface area (Å²) in [5, 5.41) is -0.208. The summed E-state index contributed by atoms with van der Waals surface area (Å²) in [6, 6.07) is 9.20. The fourth-order valence-corrected chi connectivity index (χ4v) is 5.68. The molecule has 0 unspecified atom stereocenters. The number of fused-ring (bicyclic) bond motifs is 2. The van der Waals surface area contributed by atoms with E-state index in [1.54, 1.807) is 18.2 Å². The maximum absolute atomic E-state index is 14.3. The fourth-order valence-electron chi connectivity index (χ4n) is 4.02. The molecule has 0 saturated carbocycles. The van der Waals surface area contributed by atoms with Gasteiger partial charge < -0.3 is 9.47 Å². The zero-order chi connectivity index (χ0) is 25.8. The number of carbonyl (C=O) groups excluding carboxylic acids is 1. The molecule has 0 aliphatic heterocycles. The van der Waals surface area contributed by atoms with Gasteiger partial charge in [0.25, 0.3) is 15.9 Å². The molecule has 0 bridgehead atoms. The number of aryl methyl sites for hydroxylation is 1. The second-order valence-electron chi connectivity index (χ2n) is 7.89. The van der Waals surface area contributed by atoms with Gasteiger partial charge in [0.15, 0.2) is 17.2 Å². The van der Waals surface area contributed by atoms with Gasteiger partial charge in [0, 0.05) is 23.2 Å². The van der Waals surface area contributed by atoms with E-state index >= 15 is 0 Å². The third-order valence-electron chi connectivity index (χ3n) is 5.78. The van der Waals surface area contributed by atoms with Gasteiger partial charge in [-0.05, 0) is 25.1 Å². The standard InChI is InChI=1S/C24H18ClFN4O5S/c1-13-4-6-14(7-5-13)36(32,33)30-18(8-15-21(25)17(26)10-27-23(15)30)16-11-29(12-31)19-9-20(34-2)24(35-3)28-22(16)19/h4-12H,1-3H3. The lowest BCUT2D eigenvalue weighted by atomic mass is 10.2. The van der Waals surface area contributed by atoms with Crippen molar-refractivity contribution >= 4 is 50.1 Å². The summed E-state index contributed by atoms with van der Waals surface area (Å²) in [4.78, 5) is 20.4. The topological polar surface area (TPSA) is 105 Å². The van der Waals surface area contributed by atoms with E-state index in [9.17, 15) is 17.6 Å². The molecule has 5 aromatic rings. The van der Waals surface area contributed by atoms with E-state index in [2.05, 4.69) is 9.97 Å². The third kappa shape index (κ3) is 3.50. The van der Waals surface area contributed by atoms with Crippen LogP contribution < -0.4 is 9.47 Å². The molecule has 0 spiro atoms. The first-order valence-corrected chi connectivity index (χ1v) is 12.3. The van der Waals surface area contributed by atoms with Crippen molar-refractivity contribution in [1.29, 1.82) is 0 Å². The molecule has 0 atom stereocenters. The average Bonchev–Trinajstić information content (AvgIpc) is 3.44. The number of methoxy groups -OCH3 is 2. The van der Waals surface area contributed by atoms with Crippen molar-refractivity contribution in [3.8, 4) is 22.9 Å². The Morgan fingerprint density at radius 3 is 2.47 bits per heavy atom. The van der Waals surface area contributed by atoms with Crippen LogP contribution in [0.15, 0.2) is 53.7 Å². The molecule has 0 fully saturated rings. The van der Waals surface area contributed by atoms with Crippen LogP contribution in [0.2, 0.25) is 5.02 Å². The van der Waals surface area contributed by atoms with E-state index in [1.807, 2.05) is 6.92 Å². The Morgan fingerprint density at radius 2 is 1.83 bits per heavy atom. The molecule has 0 N–H and O–H groups in total. The predicted octanol–water partition coefficient (Wildman–Crippen LogP) is 4.45. The molecule has 5 rings (SSSR count). The van der Waals surface area contributed by atoms with Gasteiger partial charge in [-0.2, -0.15) is 0 Å². The minimum Gasteiger partial charge on any atom is -0.491 e. The van der Waals surface area contributed by atoms with Crippen LogP contribution in [0.3, 0.4) is 0 Å². The highest BCUT2D eigenvalue weighted by atomic mass is 35.5. The van der Waals surface area contributed by atoms with Crippen molar-refractivity contribution in [2.45, 2.75) is 11.8 Å². The Kier molecular flexibility index (Phi) is 5.68. The normalized spacial score (nSPS) is 11.8. The van der Waals surface area contributed by atoms with Gasteiger partial charge in [0.05, 0.1) is 41.5 Å². The van der Waals surface area contributed by atoms with E-state index < -0.39 is 15.8 Å². The van der Waals surface area contributed by atoms with E-state index in [1.165, 1.54) is 43.2 Å². The maximum atomic E-state index is 14.3. The quantitative estimate of drug-likeness (QED) is 0.300. The number of hydrogen-bond acceptors (Lipinski definition) is 7. The summed E-state index contributed by atoms with van der Waals surface area (Å²) in [5.74, 6) is -0.404. The maximum Gasteiger partial charge on any atom is 0.269 e. The molecule has 0 radical (unpaired) electrons. The molecular weight excluding hydrogens is 511 g/mol. The van der Waals surface area contributed by atoms with Gasteiger partial charge in [-0.15, -0.1) is 0 Å². The average molecular weight is 529 g/mol. The fraction of sp³-hybridized carbons (Fsp3) is 0.125. The van der Waals surface area contributed by atoms with E-state index in [0.717, 1.165) is 15.7 Å². The molecule has 0 saturated heterocycles. The van der Waals surface area contributed by atoms with Crippen LogP contribution in [-0.4, -0.2) is 47.6 Å².